The lowest BCUT2D eigenvalue weighted by Crippen LogP contribution is -2.39. The molecule has 0 aliphatic carbocycles. The molecular weight excluding hydrogens is 270 g/mol. The van der Waals surface area contributed by atoms with Gasteiger partial charge < -0.3 is 15.4 Å². The number of nitrogens with zero attached hydrogens (tertiary/aromatic N) is 4. The number of anilines is 1. The quantitative estimate of drug-likeness (QED) is 0.911. The summed E-state index contributed by atoms with van der Waals surface area (Å²) in [7, 11) is 0. The fraction of sp³-hybridized carbons (Fsp3) is 0.500. The topological polar surface area (TPSA) is 86.3 Å². The van der Waals surface area contributed by atoms with Crippen LogP contribution in [0, 0.1) is 0 Å². The first-order chi connectivity index (χ1) is 10.2. The van der Waals surface area contributed by atoms with E-state index in [1.165, 1.54) is 0 Å². The van der Waals surface area contributed by atoms with E-state index in [9.17, 15) is 4.79 Å². The van der Waals surface area contributed by atoms with E-state index in [2.05, 4.69) is 9.97 Å². The van der Waals surface area contributed by atoms with Crippen LogP contribution >= 0.6 is 0 Å². The van der Waals surface area contributed by atoms with E-state index in [0.717, 1.165) is 24.0 Å². The van der Waals surface area contributed by atoms with Gasteiger partial charge in [0.2, 0.25) is 5.95 Å². The predicted octanol–water partition coefficient (Wildman–Crippen LogP) is 1.81. The second-order valence-electron chi connectivity index (χ2n) is 5.10. The van der Waals surface area contributed by atoms with Crippen LogP contribution in [0.3, 0.4) is 0 Å². The zero-order valence-electron chi connectivity index (χ0n) is 12.0. The summed E-state index contributed by atoms with van der Waals surface area (Å²) < 4.78 is 7.02. The van der Waals surface area contributed by atoms with E-state index in [-0.39, 0.29) is 12.1 Å². The molecule has 3 heterocycles. The third-order valence-corrected chi connectivity index (χ3v) is 3.83. The van der Waals surface area contributed by atoms with Crippen LogP contribution in [0.5, 0.6) is 0 Å². The molecule has 2 aromatic heterocycles. The Balaban J connectivity index is 1.77. The van der Waals surface area contributed by atoms with Gasteiger partial charge in [0.25, 0.3) is 0 Å². The molecule has 3 rings (SSSR count). The average molecular weight is 289 g/mol. The van der Waals surface area contributed by atoms with Gasteiger partial charge in [-0.15, -0.1) is 0 Å². The zero-order chi connectivity index (χ0) is 14.8. The van der Waals surface area contributed by atoms with Gasteiger partial charge in [-0.1, -0.05) is 0 Å². The molecule has 7 heteroatoms. The van der Waals surface area contributed by atoms with Crippen LogP contribution in [0.2, 0.25) is 0 Å². The molecule has 21 heavy (non-hydrogen) atoms. The Morgan fingerprint density at radius 1 is 1.48 bits per heavy atom. The third kappa shape index (κ3) is 2.51. The van der Waals surface area contributed by atoms with Gasteiger partial charge in [0.15, 0.2) is 5.65 Å². The van der Waals surface area contributed by atoms with E-state index in [0.29, 0.717) is 25.6 Å². The van der Waals surface area contributed by atoms with Gasteiger partial charge >= 0.3 is 6.09 Å². The van der Waals surface area contributed by atoms with Crippen molar-refractivity contribution in [3.63, 3.8) is 0 Å². The Morgan fingerprint density at radius 3 is 2.95 bits per heavy atom. The number of carbonyl (C=O) groups excluding carboxylic acids is 1. The minimum Gasteiger partial charge on any atom is -0.450 e. The summed E-state index contributed by atoms with van der Waals surface area (Å²) in [5.41, 5.74) is 7.65. The molecule has 2 N–H and O–H groups in total. The highest BCUT2D eigenvalue weighted by atomic mass is 16.6. The molecule has 0 aromatic carbocycles. The summed E-state index contributed by atoms with van der Waals surface area (Å²) >= 11 is 0. The van der Waals surface area contributed by atoms with Crippen LogP contribution in [-0.4, -0.2) is 45.2 Å². The third-order valence-electron chi connectivity index (χ3n) is 3.83. The molecule has 1 fully saturated rings. The van der Waals surface area contributed by atoms with Crippen molar-refractivity contribution >= 4 is 23.2 Å². The van der Waals surface area contributed by atoms with Crippen molar-refractivity contribution in [2.24, 2.45) is 0 Å². The number of amides is 1. The molecule has 112 valence electrons. The Kier molecular flexibility index (Phi) is 3.64. The van der Waals surface area contributed by atoms with Gasteiger partial charge in [0.05, 0.1) is 6.61 Å². The van der Waals surface area contributed by atoms with Gasteiger partial charge in [-0.25, -0.2) is 14.8 Å². The Bertz CT molecular complexity index is 646. The summed E-state index contributed by atoms with van der Waals surface area (Å²) in [6.07, 6.45) is 3.15. The standard InChI is InChI=1S/C14H19N5O2/c1-2-21-14(20)18-8-5-10(6-9-18)19-12-11(17-13(19)15)4-3-7-16-12/h3-4,7,10H,2,5-6,8-9H2,1H3,(H2,15,17). The summed E-state index contributed by atoms with van der Waals surface area (Å²) in [5, 5.41) is 0. The number of hydrogen-bond donors (Lipinski definition) is 1. The highest BCUT2D eigenvalue weighted by molar-refractivity contribution is 5.74. The fourth-order valence-corrected chi connectivity index (χ4v) is 2.83. The van der Waals surface area contributed by atoms with Crippen molar-refractivity contribution in [1.82, 2.24) is 19.4 Å². The Hall–Kier alpha value is -2.31. The predicted molar refractivity (Wildman–Crippen MR) is 78.8 cm³/mol. The van der Waals surface area contributed by atoms with E-state index in [4.69, 9.17) is 10.5 Å². The van der Waals surface area contributed by atoms with Crippen molar-refractivity contribution in [3.8, 4) is 0 Å². The lowest BCUT2D eigenvalue weighted by molar-refractivity contribution is 0.0931. The van der Waals surface area contributed by atoms with Crippen LogP contribution in [0.1, 0.15) is 25.8 Å². The first-order valence-corrected chi connectivity index (χ1v) is 7.21. The van der Waals surface area contributed by atoms with Gasteiger partial charge in [0, 0.05) is 25.3 Å². The highest BCUT2D eigenvalue weighted by Gasteiger charge is 2.27. The van der Waals surface area contributed by atoms with Crippen molar-refractivity contribution < 1.29 is 9.53 Å². The average Bonchev–Trinajstić information content (AvgIpc) is 2.83. The second-order valence-corrected chi connectivity index (χ2v) is 5.10. The van der Waals surface area contributed by atoms with Crippen LogP contribution in [0.25, 0.3) is 11.2 Å². The first-order valence-electron chi connectivity index (χ1n) is 7.21. The molecule has 1 amide bonds. The largest absolute Gasteiger partial charge is 0.450 e. The maximum absolute atomic E-state index is 11.7. The summed E-state index contributed by atoms with van der Waals surface area (Å²) in [6, 6.07) is 3.97. The molecule has 0 radical (unpaired) electrons. The Labute approximate surface area is 122 Å². The zero-order valence-corrected chi connectivity index (χ0v) is 12.0. The Morgan fingerprint density at radius 2 is 2.24 bits per heavy atom. The molecule has 7 nitrogen and oxygen atoms in total. The minimum absolute atomic E-state index is 0.218. The fourth-order valence-electron chi connectivity index (χ4n) is 2.83. The van der Waals surface area contributed by atoms with E-state index >= 15 is 0 Å². The lowest BCUT2D eigenvalue weighted by Gasteiger charge is -2.32. The summed E-state index contributed by atoms with van der Waals surface area (Å²) in [5.74, 6) is 0.485. The van der Waals surface area contributed by atoms with Crippen molar-refractivity contribution in [1.29, 1.82) is 0 Å². The van der Waals surface area contributed by atoms with Crippen molar-refractivity contribution in [3.05, 3.63) is 18.3 Å². The molecule has 0 spiro atoms. The normalized spacial score (nSPS) is 16.3. The molecule has 0 saturated carbocycles. The minimum atomic E-state index is -0.238. The van der Waals surface area contributed by atoms with Crippen molar-refractivity contribution in [2.45, 2.75) is 25.8 Å². The number of piperidine rings is 1. The van der Waals surface area contributed by atoms with Crippen LogP contribution in [-0.2, 0) is 4.74 Å². The molecule has 0 bridgehead atoms. The molecular formula is C14H19N5O2. The molecule has 1 aliphatic heterocycles. The molecule has 0 unspecified atom stereocenters. The number of hydrogen-bond acceptors (Lipinski definition) is 5. The van der Waals surface area contributed by atoms with Crippen molar-refractivity contribution in [2.75, 3.05) is 25.4 Å². The molecule has 1 saturated heterocycles. The number of rotatable bonds is 2. The van der Waals surface area contributed by atoms with Crippen LogP contribution in [0.15, 0.2) is 18.3 Å². The SMILES string of the molecule is CCOC(=O)N1CCC(n2c(N)nc3cccnc32)CC1. The summed E-state index contributed by atoms with van der Waals surface area (Å²) in [6.45, 7) is 3.54. The van der Waals surface area contributed by atoms with Gasteiger partial charge in [-0.3, -0.25) is 4.57 Å². The first kappa shape index (κ1) is 13.7. The number of pyridine rings is 1. The molecule has 0 atom stereocenters. The number of nitrogens with two attached hydrogens (primary N) is 1. The number of likely N-dealkylation sites (tertiary alicyclic amines) is 1. The van der Waals surface area contributed by atoms with E-state index < -0.39 is 0 Å². The number of fused-ring (bicyclic) bond motifs is 1. The number of imidazole rings is 1. The maximum atomic E-state index is 11.7. The van der Waals surface area contributed by atoms with Gasteiger partial charge in [-0.2, -0.15) is 0 Å². The highest BCUT2D eigenvalue weighted by Crippen LogP contribution is 2.28. The smallest absolute Gasteiger partial charge is 0.409 e. The monoisotopic (exact) mass is 289 g/mol. The van der Waals surface area contributed by atoms with E-state index in [1.54, 1.807) is 11.1 Å². The van der Waals surface area contributed by atoms with Crippen LogP contribution in [0.4, 0.5) is 10.7 Å². The number of carbonyl (C=O) groups is 1. The number of ether oxygens (including phenoxy) is 1. The number of aromatic nitrogens is 3. The maximum Gasteiger partial charge on any atom is 0.409 e. The number of nitrogen functional groups attached to an aromatic ring is 1. The van der Waals surface area contributed by atoms with Crippen LogP contribution < -0.4 is 5.73 Å². The van der Waals surface area contributed by atoms with Gasteiger partial charge in [-0.05, 0) is 31.9 Å². The van der Waals surface area contributed by atoms with Gasteiger partial charge in [0.1, 0.15) is 5.52 Å². The summed E-state index contributed by atoms with van der Waals surface area (Å²) in [4.78, 5) is 22.2. The lowest BCUT2D eigenvalue weighted by atomic mass is 10.1. The second kappa shape index (κ2) is 5.59. The van der Waals surface area contributed by atoms with E-state index in [1.807, 2.05) is 23.6 Å². The molecule has 2 aromatic rings. The molecule has 1 aliphatic rings.